The zero-order valence-electron chi connectivity index (χ0n) is 29.3. The second kappa shape index (κ2) is 17.4. The van der Waals surface area contributed by atoms with Crippen molar-refractivity contribution in [3.05, 3.63) is 33.4 Å². The number of aliphatic hydroxyl groups is 4. The minimum atomic E-state index is -4.33. The minimum Gasteiger partial charge on any atom is -0.387 e. The molecule has 0 aliphatic carbocycles. The van der Waals surface area contributed by atoms with Crippen LogP contribution in [-0.4, -0.2) is 145 Å². The molecule has 0 spiro atoms. The minimum absolute atomic E-state index is 0.00415. The second-order valence-electron chi connectivity index (χ2n) is 12.9. The van der Waals surface area contributed by atoms with E-state index in [-0.39, 0.29) is 47.3 Å². The molecular weight excluding hydrogens is 792 g/mol. The first-order valence-corrected chi connectivity index (χ1v) is 20.3. The van der Waals surface area contributed by atoms with E-state index in [9.17, 15) is 48.9 Å². The molecule has 0 saturated carbocycles. The standard InChI is InChI=1S/C27H43N13O14P2/c28-26-35-20-14(22(45)37-26)31-10-39(20)24-18(43)16(41)12(53-24)8-51-55(47,48)33-6-2-1-4-30-5-3-7-34-56(49,50)52-9-13-17(42)19(44)25(54-13)40-11-32-15-21(40)36-27(29)38-23(15)46/h10-13,16-19,24-25,30,41-44H,1-9H2,(H2,33,47,48)(H2,34,49,50)(H3,28,35,37,45)(H3,29,36,38,46)/t12-,13-,16-,17-,18-,19-,24-,25-/m1/s1. The lowest BCUT2D eigenvalue weighted by Crippen LogP contribution is -2.34. The largest absolute Gasteiger partial charge is 0.403 e. The number of nitrogen functional groups attached to an aromatic ring is 2. The molecule has 56 heavy (non-hydrogen) atoms. The van der Waals surface area contributed by atoms with E-state index in [0.717, 1.165) is 0 Å². The normalized spacial score (nSPS) is 27.6. The van der Waals surface area contributed by atoms with Crippen LogP contribution in [0.25, 0.3) is 22.3 Å². The quantitative estimate of drug-likeness (QED) is 0.0315. The summed E-state index contributed by atoms with van der Waals surface area (Å²) in [5.74, 6) is -0.392. The summed E-state index contributed by atoms with van der Waals surface area (Å²) in [5, 5.41) is 50.0. The van der Waals surface area contributed by atoms with E-state index in [4.69, 9.17) is 30.0 Å². The number of nitrogens with two attached hydrogens (primary N) is 2. The molecule has 27 nitrogen and oxygen atoms in total. The molecule has 6 rings (SSSR count). The summed E-state index contributed by atoms with van der Waals surface area (Å²) in [5.41, 5.74) is 9.85. The highest BCUT2D eigenvalue weighted by Gasteiger charge is 2.46. The zero-order chi connectivity index (χ0) is 40.4. The summed E-state index contributed by atoms with van der Waals surface area (Å²) in [6.07, 6.45) is -7.11. The number of rotatable bonds is 19. The van der Waals surface area contributed by atoms with Gasteiger partial charge in [0.1, 0.15) is 36.6 Å². The predicted octanol–water partition coefficient (Wildman–Crippen LogP) is -4.17. The van der Waals surface area contributed by atoms with E-state index in [1.54, 1.807) is 0 Å². The van der Waals surface area contributed by atoms with Crippen LogP contribution in [0.5, 0.6) is 0 Å². The molecule has 0 amide bonds. The molecule has 4 aromatic rings. The van der Waals surface area contributed by atoms with Crippen LogP contribution in [0, 0.1) is 0 Å². The lowest BCUT2D eigenvalue weighted by Gasteiger charge is -2.18. The Bertz CT molecular complexity index is 2050. The summed E-state index contributed by atoms with van der Waals surface area (Å²) < 4.78 is 48.9. The molecule has 2 fully saturated rings. The number of H-pyrrole nitrogens is 2. The molecular formula is C27H43N13O14P2. The number of unbranched alkanes of at least 4 members (excludes halogenated alkanes) is 1. The molecule has 0 radical (unpaired) electrons. The molecule has 15 N–H and O–H groups in total. The Labute approximate surface area is 314 Å². The van der Waals surface area contributed by atoms with E-state index in [1.807, 2.05) is 0 Å². The van der Waals surface area contributed by atoms with Gasteiger partial charge < -0.3 is 56.5 Å². The number of aliphatic hydroxyl groups excluding tert-OH is 4. The number of nitrogens with zero attached hydrogens (tertiary/aromatic N) is 6. The first kappa shape index (κ1) is 41.9. The van der Waals surface area contributed by atoms with Crippen LogP contribution in [0.4, 0.5) is 11.9 Å². The van der Waals surface area contributed by atoms with Crippen molar-refractivity contribution in [2.24, 2.45) is 0 Å². The van der Waals surface area contributed by atoms with Crippen LogP contribution in [0.2, 0.25) is 0 Å². The van der Waals surface area contributed by atoms with Crippen molar-refractivity contribution in [2.45, 2.75) is 68.3 Å². The molecule has 0 bridgehead atoms. The smallest absolute Gasteiger partial charge is 0.387 e. The van der Waals surface area contributed by atoms with Gasteiger partial charge in [-0.25, -0.2) is 29.3 Å². The number of nitrogens with one attached hydrogen (secondary N) is 5. The predicted molar refractivity (Wildman–Crippen MR) is 191 cm³/mol. The molecule has 6 heterocycles. The number of aromatic nitrogens is 8. The van der Waals surface area contributed by atoms with Gasteiger partial charge >= 0.3 is 15.5 Å². The van der Waals surface area contributed by atoms with Gasteiger partial charge in [0.05, 0.1) is 25.9 Å². The fraction of sp³-hybridized carbons (Fsp3) is 0.630. The molecule has 0 aromatic carbocycles. The molecule has 4 aromatic heterocycles. The van der Waals surface area contributed by atoms with E-state index >= 15 is 0 Å². The first-order chi connectivity index (χ1) is 26.5. The SMILES string of the molecule is Nc1nc2c(ncn2[C@@H]2O[C@H](COP(=O)(O)NCCCCNCCCNP(=O)(O)OC[C@H]3O[C@@H](n4cnc5c(=O)[nH]c(N)nc54)[C@H](O)[C@@H]3O)[C@@H](O)[C@H]2O)c(=O)[nH]1. The fourth-order valence-electron chi connectivity index (χ4n) is 6.05. The maximum atomic E-state index is 12.5. The Hall–Kier alpha value is -3.76. The van der Waals surface area contributed by atoms with Crippen LogP contribution in [0.3, 0.4) is 0 Å². The van der Waals surface area contributed by atoms with Crippen LogP contribution in [0.1, 0.15) is 31.7 Å². The Morgan fingerprint density at radius 3 is 1.57 bits per heavy atom. The van der Waals surface area contributed by atoms with Gasteiger partial charge in [-0.1, -0.05) is 0 Å². The lowest BCUT2D eigenvalue weighted by atomic mass is 10.1. The van der Waals surface area contributed by atoms with Gasteiger partial charge in [0, 0.05) is 13.1 Å². The van der Waals surface area contributed by atoms with Gasteiger partial charge in [-0.2, -0.15) is 9.97 Å². The Morgan fingerprint density at radius 1 is 0.696 bits per heavy atom. The Balaban J connectivity index is 0.826. The van der Waals surface area contributed by atoms with Crippen molar-refractivity contribution in [1.82, 2.24) is 54.5 Å². The second-order valence-corrected chi connectivity index (χ2v) is 16.1. The number of imidazole rings is 2. The molecule has 10 atom stereocenters. The van der Waals surface area contributed by atoms with Gasteiger partial charge in [0.25, 0.3) is 11.1 Å². The molecule has 2 unspecified atom stereocenters. The maximum absolute atomic E-state index is 12.5. The van der Waals surface area contributed by atoms with E-state index < -0.39 is 88.9 Å². The molecule has 310 valence electrons. The van der Waals surface area contributed by atoms with Gasteiger partial charge in [-0.05, 0) is 32.4 Å². The average molecular weight is 836 g/mol. The van der Waals surface area contributed by atoms with E-state index in [1.165, 1.54) is 21.8 Å². The summed E-state index contributed by atoms with van der Waals surface area (Å²) in [7, 11) is -8.65. The third-order valence-corrected chi connectivity index (χ3v) is 11.1. The highest BCUT2D eigenvalue weighted by Crippen LogP contribution is 2.40. The first-order valence-electron chi connectivity index (χ1n) is 17.2. The van der Waals surface area contributed by atoms with Crippen molar-refractivity contribution in [3.63, 3.8) is 0 Å². The van der Waals surface area contributed by atoms with Crippen molar-refractivity contribution in [3.8, 4) is 0 Å². The third-order valence-electron chi connectivity index (χ3n) is 8.89. The van der Waals surface area contributed by atoms with Crippen molar-refractivity contribution >= 4 is 49.7 Å². The number of anilines is 2. The third kappa shape index (κ3) is 9.50. The fourth-order valence-corrected chi connectivity index (χ4v) is 7.81. The number of aromatic amines is 2. The maximum Gasteiger partial charge on any atom is 0.403 e. The summed E-state index contributed by atoms with van der Waals surface area (Å²) in [4.78, 5) is 65.0. The molecule has 2 saturated heterocycles. The van der Waals surface area contributed by atoms with Crippen molar-refractivity contribution < 1.29 is 57.9 Å². The van der Waals surface area contributed by atoms with Gasteiger partial charge in [0.2, 0.25) is 11.9 Å². The van der Waals surface area contributed by atoms with Crippen molar-refractivity contribution in [2.75, 3.05) is 50.9 Å². The van der Waals surface area contributed by atoms with E-state index in [2.05, 4.69) is 45.4 Å². The zero-order valence-corrected chi connectivity index (χ0v) is 31.1. The summed E-state index contributed by atoms with van der Waals surface area (Å²) in [6.45, 7) is 0.0416. The average Bonchev–Trinajstić information content (AvgIpc) is 3.89. The number of hydrogen-bond acceptors (Lipinski definition) is 19. The van der Waals surface area contributed by atoms with Crippen LogP contribution < -0.4 is 38.1 Å². The van der Waals surface area contributed by atoms with Crippen LogP contribution in [-0.2, 0) is 27.7 Å². The summed E-state index contributed by atoms with van der Waals surface area (Å²) >= 11 is 0. The van der Waals surface area contributed by atoms with Gasteiger partial charge in [0.15, 0.2) is 34.8 Å². The topological polar surface area (TPSA) is 408 Å². The Kier molecular flexibility index (Phi) is 13.0. The van der Waals surface area contributed by atoms with Gasteiger partial charge in [-0.15, -0.1) is 0 Å². The monoisotopic (exact) mass is 835 g/mol. The Morgan fingerprint density at radius 2 is 1.11 bits per heavy atom. The molecule has 29 heteroatoms. The van der Waals surface area contributed by atoms with Crippen LogP contribution >= 0.6 is 15.5 Å². The number of ether oxygens (including phenoxy) is 2. The van der Waals surface area contributed by atoms with E-state index in [0.29, 0.717) is 32.4 Å². The highest BCUT2D eigenvalue weighted by molar-refractivity contribution is 7.50. The van der Waals surface area contributed by atoms with Crippen molar-refractivity contribution in [1.29, 1.82) is 0 Å². The van der Waals surface area contributed by atoms with Crippen LogP contribution in [0.15, 0.2) is 22.2 Å². The number of fused-ring (bicyclic) bond motifs is 2. The lowest BCUT2D eigenvalue weighted by molar-refractivity contribution is -0.0487. The molecule has 2 aliphatic heterocycles. The number of hydrogen-bond donors (Lipinski definition) is 13. The summed E-state index contributed by atoms with van der Waals surface area (Å²) in [6, 6.07) is 0. The van der Waals surface area contributed by atoms with Gasteiger partial charge in [-0.3, -0.25) is 37.7 Å². The molecule has 2 aliphatic rings. The highest BCUT2D eigenvalue weighted by atomic mass is 31.2.